The standard InChI is InChI=1S/C19H21N3O2/c1-4-6-18(23)20-15-11-14(8-9-17(15)24-3)16-12-22-10-5-7-13(2)19(22)21-16/h5,7-12H,4,6H2,1-3H3,(H,20,23). The average molecular weight is 323 g/mol. The SMILES string of the molecule is CCCC(=O)Nc1cc(-c2cn3cccc(C)c3n2)ccc1OC. The average Bonchev–Trinajstić information content (AvgIpc) is 3.00. The molecule has 0 atom stereocenters. The lowest BCUT2D eigenvalue weighted by Gasteiger charge is -2.11. The normalized spacial score (nSPS) is 10.8. The number of anilines is 1. The van der Waals surface area contributed by atoms with Gasteiger partial charge in [0, 0.05) is 24.4 Å². The third kappa shape index (κ3) is 3.11. The number of rotatable bonds is 5. The van der Waals surface area contributed by atoms with Crippen molar-refractivity contribution in [2.75, 3.05) is 12.4 Å². The second-order valence-electron chi connectivity index (χ2n) is 5.76. The molecule has 0 saturated carbocycles. The molecule has 0 spiro atoms. The molecule has 0 radical (unpaired) electrons. The molecule has 0 bridgehead atoms. The summed E-state index contributed by atoms with van der Waals surface area (Å²) in [6.45, 7) is 4.02. The Bertz CT molecular complexity index is 883. The first kappa shape index (κ1) is 16.1. The van der Waals surface area contributed by atoms with E-state index in [1.807, 2.05) is 61.0 Å². The van der Waals surface area contributed by atoms with Gasteiger partial charge in [-0.1, -0.05) is 13.0 Å². The number of carbonyl (C=O) groups excluding carboxylic acids is 1. The zero-order chi connectivity index (χ0) is 17.1. The molecule has 1 aromatic carbocycles. The third-order valence-corrected chi connectivity index (χ3v) is 3.92. The van der Waals surface area contributed by atoms with E-state index in [2.05, 4.69) is 5.32 Å². The van der Waals surface area contributed by atoms with Crippen LogP contribution in [0.3, 0.4) is 0 Å². The van der Waals surface area contributed by atoms with Crippen molar-refractivity contribution >= 4 is 17.2 Å². The van der Waals surface area contributed by atoms with Crippen LogP contribution >= 0.6 is 0 Å². The molecule has 1 amide bonds. The van der Waals surface area contributed by atoms with Crippen LogP contribution in [-0.4, -0.2) is 22.4 Å². The van der Waals surface area contributed by atoms with Crippen molar-refractivity contribution in [2.45, 2.75) is 26.7 Å². The van der Waals surface area contributed by atoms with Crippen molar-refractivity contribution in [1.82, 2.24) is 9.38 Å². The molecule has 2 heterocycles. The first-order valence-corrected chi connectivity index (χ1v) is 8.05. The molecule has 124 valence electrons. The predicted molar refractivity (Wildman–Crippen MR) is 95.5 cm³/mol. The number of benzene rings is 1. The Morgan fingerprint density at radius 1 is 1.33 bits per heavy atom. The van der Waals surface area contributed by atoms with Gasteiger partial charge in [0.25, 0.3) is 0 Å². The van der Waals surface area contributed by atoms with Crippen LogP contribution in [0, 0.1) is 6.92 Å². The monoisotopic (exact) mass is 323 g/mol. The van der Waals surface area contributed by atoms with Gasteiger partial charge >= 0.3 is 0 Å². The molecule has 1 N–H and O–H groups in total. The molecule has 0 aliphatic heterocycles. The number of imidazole rings is 1. The summed E-state index contributed by atoms with van der Waals surface area (Å²) in [4.78, 5) is 16.6. The highest BCUT2D eigenvalue weighted by molar-refractivity contribution is 5.93. The summed E-state index contributed by atoms with van der Waals surface area (Å²) in [5.41, 5.74) is 4.51. The lowest BCUT2D eigenvalue weighted by molar-refractivity contribution is -0.116. The molecule has 0 saturated heterocycles. The number of hydrogen-bond donors (Lipinski definition) is 1. The number of carbonyl (C=O) groups is 1. The van der Waals surface area contributed by atoms with Gasteiger partial charge in [0.2, 0.25) is 5.91 Å². The topological polar surface area (TPSA) is 55.6 Å². The predicted octanol–water partition coefficient (Wildman–Crippen LogP) is 4.06. The van der Waals surface area contributed by atoms with Crippen LogP contribution in [0.15, 0.2) is 42.7 Å². The number of nitrogens with one attached hydrogen (secondary N) is 1. The molecule has 0 fully saturated rings. The Morgan fingerprint density at radius 3 is 2.88 bits per heavy atom. The number of nitrogens with zero attached hydrogens (tertiary/aromatic N) is 2. The van der Waals surface area contributed by atoms with Crippen LogP contribution in [0.5, 0.6) is 5.75 Å². The fourth-order valence-electron chi connectivity index (χ4n) is 2.70. The number of aromatic nitrogens is 2. The van der Waals surface area contributed by atoms with Gasteiger partial charge in [-0.25, -0.2) is 4.98 Å². The van der Waals surface area contributed by atoms with Gasteiger partial charge in [0.1, 0.15) is 11.4 Å². The van der Waals surface area contributed by atoms with Crippen molar-refractivity contribution in [2.24, 2.45) is 0 Å². The molecule has 3 aromatic rings. The van der Waals surface area contributed by atoms with Crippen LogP contribution < -0.4 is 10.1 Å². The summed E-state index contributed by atoms with van der Waals surface area (Å²) in [5.74, 6) is 0.627. The van der Waals surface area contributed by atoms with Crippen LogP contribution in [0.1, 0.15) is 25.3 Å². The Morgan fingerprint density at radius 2 is 2.17 bits per heavy atom. The summed E-state index contributed by atoms with van der Waals surface area (Å²) < 4.78 is 7.36. The highest BCUT2D eigenvalue weighted by Crippen LogP contribution is 2.30. The van der Waals surface area contributed by atoms with E-state index in [0.29, 0.717) is 17.9 Å². The fourth-order valence-corrected chi connectivity index (χ4v) is 2.70. The van der Waals surface area contributed by atoms with E-state index in [1.54, 1.807) is 7.11 Å². The maximum absolute atomic E-state index is 11.9. The first-order chi connectivity index (χ1) is 11.6. The summed E-state index contributed by atoms with van der Waals surface area (Å²) in [5, 5.41) is 2.92. The van der Waals surface area contributed by atoms with E-state index in [9.17, 15) is 4.79 Å². The maximum Gasteiger partial charge on any atom is 0.224 e. The quantitative estimate of drug-likeness (QED) is 0.770. The van der Waals surface area contributed by atoms with Gasteiger partial charge in [-0.3, -0.25) is 4.79 Å². The first-order valence-electron chi connectivity index (χ1n) is 8.05. The second kappa shape index (κ2) is 6.74. The molecule has 24 heavy (non-hydrogen) atoms. The lowest BCUT2D eigenvalue weighted by atomic mass is 10.1. The van der Waals surface area contributed by atoms with Gasteiger partial charge in [-0.05, 0) is 43.2 Å². The maximum atomic E-state index is 11.9. The van der Waals surface area contributed by atoms with Crippen molar-refractivity contribution in [3.8, 4) is 17.0 Å². The van der Waals surface area contributed by atoms with E-state index in [-0.39, 0.29) is 5.91 Å². The Labute approximate surface area is 141 Å². The van der Waals surface area contributed by atoms with Gasteiger partial charge in [0.05, 0.1) is 18.5 Å². The lowest BCUT2D eigenvalue weighted by Crippen LogP contribution is -2.11. The van der Waals surface area contributed by atoms with Crippen molar-refractivity contribution in [3.63, 3.8) is 0 Å². The third-order valence-electron chi connectivity index (χ3n) is 3.92. The number of pyridine rings is 1. The highest BCUT2D eigenvalue weighted by Gasteiger charge is 2.11. The number of hydrogen-bond acceptors (Lipinski definition) is 3. The van der Waals surface area contributed by atoms with Crippen LogP contribution in [0.4, 0.5) is 5.69 Å². The molecule has 3 rings (SSSR count). The Hall–Kier alpha value is -2.82. The van der Waals surface area contributed by atoms with Crippen molar-refractivity contribution in [3.05, 3.63) is 48.3 Å². The number of fused-ring (bicyclic) bond motifs is 1. The largest absolute Gasteiger partial charge is 0.495 e. The van der Waals surface area contributed by atoms with Gasteiger partial charge in [0.15, 0.2) is 0 Å². The summed E-state index contributed by atoms with van der Waals surface area (Å²) >= 11 is 0. The summed E-state index contributed by atoms with van der Waals surface area (Å²) in [6.07, 6.45) is 5.26. The van der Waals surface area contributed by atoms with E-state index in [4.69, 9.17) is 9.72 Å². The van der Waals surface area contributed by atoms with Crippen LogP contribution in [0.25, 0.3) is 16.9 Å². The van der Waals surface area contributed by atoms with Crippen LogP contribution in [0.2, 0.25) is 0 Å². The minimum Gasteiger partial charge on any atom is -0.495 e. The smallest absolute Gasteiger partial charge is 0.224 e. The van der Waals surface area contributed by atoms with E-state index in [0.717, 1.165) is 28.9 Å². The number of aryl methyl sites for hydroxylation is 1. The molecule has 5 heteroatoms. The number of ether oxygens (including phenoxy) is 1. The highest BCUT2D eigenvalue weighted by atomic mass is 16.5. The minimum absolute atomic E-state index is 0.0150. The van der Waals surface area contributed by atoms with Gasteiger partial charge in [-0.2, -0.15) is 0 Å². The van der Waals surface area contributed by atoms with Crippen LogP contribution in [-0.2, 0) is 4.79 Å². The molecule has 0 aliphatic rings. The molecular weight excluding hydrogens is 302 g/mol. The molecular formula is C19H21N3O2. The number of methoxy groups -OCH3 is 1. The van der Waals surface area contributed by atoms with Crippen molar-refractivity contribution in [1.29, 1.82) is 0 Å². The van der Waals surface area contributed by atoms with E-state index >= 15 is 0 Å². The molecule has 0 unspecified atom stereocenters. The fraction of sp³-hybridized carbons (Fsp3) is 0.263. The molecule has 0 aliphatic carbocycles. The Balaban J connectivity index is 2.00. The van der Waals surface area contributed by atoms with Gasteiger partial charge in [-0.15, -0.1) is 0 Å². The molecule has 2 aromatic heterocycles. The van der Waals surface area contributed by atoms with E-state index < -0.39 is 0 Å². The summed E-state index contributed by atoms with van der Waals surface area (Å²) in [7, 11) is 1.60. The molecule has 5 nitrogen and oxygen atoms in total. The minimum atomic E-state index is -0.0150. The zero-order valence-corrected chi connectivity index (χ0v) is 14.2. The second-order valence-corrected chi connectivity index (χ2v) is 5.76. The van der Waals surface area contributed by atoms with Gasteiger partial charge < -0.3 is 14.5 Å². The Kier molecular flexibility index (Phi) is 4.51. The zero-order valence-electron chi connectivity index (χ0n) is 14.2. The number of amides is 1. The summed E-state index contributed by atoms with van der Waals surface area (Å²) in [6, 6.07) is 9.75. The van der Waals surface area contributed by atoms with Crippen molar-refractivity contribution < 1.29 is 9.53 Å². The van der Waals surface area contributed by atoms with E-state index in [1.165, 1.54) is 0 Å².